The Balaban J connectivity index is 1.37. The molecule has 0 spiro atoms. The van der Waals surface area contributed by atoms with E-state index in [1.807, 2.05) is 23.0 Å². The number of para-hydroxylation sites is 1. The lowest BCUT2D eigenvalue weighted by Crippen LogP contribution is -2.39. The number of primary amides is 1. The molecule has 4 N–H and O–H groups in total. The molecule has 1 aliphatic rings. The van der Waals surface area contributed by atoms with Gasteiger partial charge < -0.3 is 26.0 Å². The largest absolute Gasteiger partial charge is 0.494 e. The third kappa shape index (κ3) is 5.67. The Bertz CT molecular complexity index is 1450. The average molecular weight is 532 g/mol. The summed E-state index contributed by atoms with van der Waals surface area (Å²) in [7, 11) is 3.35. The highest BCUT2D eigenvalue weighted by molar-refractivity contribution is 5.98. The normalized spacial score (nSPS) is 14.5. The number of rotatable bonds is 9. The first-order valence-corrected chi connectivity index (χ1v) is 12.8. The number of benzene rings is 1. The summed E-state index contributed by atoms with van der Waals surface area (Å²) in [5.74, 6) is 0.865. The molecule has 0 radical (unpaired) electrons. The van der Waals surface area contributed by atoms with Gasteiger partial charge in [0.25, 0.3) is 5.91 Å². The molecule has 0 bridgehead atoms. The molecule has 0 atom stereocenters. The molecule has 0 unspecified atom stereocenters. The molecular weight excluding hydrogens is 498 g/mol. The topological polar surface area (TPSA) is 154 Å². The highest BCUT2D eigenvalue weighted by Crippen LogP contribution is 2.36. The Morgan fingerprint density at radius 2 is 1.95 bits per heavy atom. The van der Waals surface area contributed by atoms with Crippen LogP contribution in [0.15, 0.2) is 43.1 Å². The van der Waals surface area contributed by atoms with Crippen molar-refractivity contribution in [1.29, 1.82) is 0 Å². The van der Waals surface area contributed by atoms with E-state index in [1.165, 1.54) is 6.20 Å². The molecular formula is C26H33N11O2. The number of hydrogen-bond donors (Lipinski definition) is 3. The summed E-state index contributed by atoms with van der Waals surface area (Å²) in [4.78, 5) is 27.8. The van der Waals surface area contributed by atoms with Crippen molar-refractivity contribution in [3.8, 4) is 17.1 Å². The molecule has 39 heavy (non-hydrogen) atoms. The van der Waals surface area contributed by atoms with Crippen molar-refractivity contribution < 1.29 is 9.53 Å². The Hall–Kier alpha value is -4.52. The first kappa shape index (κ1) is 26.1. The zero-order chi connectivity index (χ0) is 27.5. The summed E-state index contributed by atoms with van der Waals surface area (Å²) >= 11 is 0. The van der Waals surface area contributed by atoms with Crippen LogP contribution in [0.4, 0.5) is 23.1 Å². The molecule has 1 aliphatic heterocycles. The van der Waals surface area contributed by atoms with Gasteiger partial charge in [-0.25, -0.2) is 9.97 Å². The van der Waals surface area contributed by atoms with Crippen molar-refractivity contribution in [1.82, 2.24) is 39.4 Å². The smallest absolute Gasteiger partial charge is 0.254 e. The first-order chi connectivity index (χ1) is 18.8. The molecule has 1 amide bonds. The predicted molar refractivity (Wildman–Crippen MR) is 147 cm³/mol. The Labute approximate surface area is 226 Å². The average Bonchev–Trinajstić information content (AvgIpc) is 3.57. The zero-order valence-electron chi connectivity index (χ0n) is 22.5. The van der Waals surface area contributed by atoms with Gasteiger partial charge in [-0.15, -0.1) is 0 Å². The number of hydrogen-bond acceptors (Lipinski definition) is 10. The van der Waals surface area contributed by atoms with E-state index in [-0.39, 0.29) is 17.3 Å². The third-order valence-electron chi connectivity index (χ3n) is 6.83. The quantitative estimate of drug-likeness (QED) is 0.293. The minimum Gasteiger partial charge on any atom is -0.494 e. The Kier molecular flexibility index (Phi) is 7.41. The lowest BCUT2D eigenvalue weighted by Gasteiger charge is -2.34. The molecule has 1 aromatic carbocycles. The van der Waals surface area contributed by atoms with Gasteiger partial charge in [0.05, 0.1) is 36.3 Å². The monoisotopic (exact) mass is 531 g/mol. The van der Waals surface area contributed by atoms with Gasteiger partial charge in [-0.2, -0.15) is 15.2 Å². The van der Waals surface area contributed by atoms with Crippen LogP contribution in [0.3, 0.4) is 0 Å². The molecule has 4 heterocycles. The van der Waals surface area contributed by atoms with Crippen LogP contribution in [0.2, 0.25) is 0 Å². The van der Waals surface area contributed by atoms with Crippen LogP contribution in [0, 0.1) is 0 Å². The second-order valence-corrected chi connectivity index (χ2v) is 9.77. The number of aryl methyl sites for hydroxylation is 1. The number of aromatic nitrogens is 7. The molecule has 204 valence electrons. The summed E-state index contributed by atoms with van der Waals surface area (Å²) in [6.45, 7) is 6.57. The van der Waals surface area contributed by atoms with Crippen LogP contribution in [-0.2, 0) is 7.05 Å². The third-order valence-corrected chi connectivity index (χ3v) is 6.83. The molecule has 5 rings (SSSR count). The van der Waals surface area contributed by atoms with Gasteiger partial charge in [-0.05, 0) is 38.8 Å². The number of piperidine rings is 1. The Morgan fingerprint density at radius 1 is 1.15 bits per heavy atom. The first-order valence-electron chi connectivity index (χ1n) is 12.8. The van der Waals surface area contributed by atoms with E-state index >= 15 is 0 Å². The summed E-state index contributed by atoms with van der Waals surface area (Å²) < 4.78 is 9.29. The highest BCUT2D eigenvalue weighted by Gasteiger charge is 2.23. The number of nitrogens with two attached hydrogens (primary N) is 1. The lowest BCUT2D eigenvalue weighted by atomic mass is 10.0. The molecule has 4 aromatic rings. The molecule has 0 aliphatic carbocycles. The summed E-state index contributed by atoms with van der Waals surface area (Å²) in [5.41, 5.74) is 7.76. The van der Waals surface area contributed by atoms with E-state index in [4.69, 9.17) is 10.5 Å². The Morgan fingerprint density at radius 3 is 2.62 bits per heavy atom. The number of amides is 1. The molecule has 13 nitrogen and oxygen atoms in total. The van der Waals surface area contributed by atoms with E-state index in [0.717, 1.165) is 31.6 Å². The van der Waals surface area contributed by atoms with Gasteiger partial charge in [0, 0.05) is 38.6 Å². The number of carbonyl (C=O) groups is 1. The number of nitrogens with one attached hydrogen (secondary N) is 2. The minimum atomic E-state index is -0.661. The zero-order valence-corrected chi connectivity index (χ0v) is 22.5. The second kappa shape index (κ2) is 11.1. The predicted octanol–water partition coefficient (Wildman–Crippen LogP) is 3.11. The van der Waals surface area contributed by atoms with Crippen molar-refractivity contribution in [3.05, 3.63) is 48.7 Å². The van der Waals surface area contributed by atoms with Crippen LogP contribution in [-0.4, -0.2) is 71.6 Å². The van der Waals surface area contributed by atoms with Crippen LogP contribution < -0.4 is 21.1 Å². The number of ether oxygens (including phenoxy) is 1. The van der Waals surface area contributed by atoms with Crippen LogP contribution in [0.5, 0.6) is 5.75 Å². The van der Waals surface area contributed by atoms with Crippen molar-refractivity contribution in [2.75, 3.05) is 30.8 Å². The van der Waals surface area contributed by atoms with E-state index in [1.54, 1.807) is 37.4 Å². The van der Waals surface area contributed by atoms with Crippen molar-refractivity contribution in [3.63, 3.8) is 0 Å². The van der Waals surface area contributed by atoms with Crippen LogP contribution in [0.25, 0.3) is 11.4 Å². The van der Waals surface area contributed by atoms with Crippen molar-refractivity contribution in [2.24, 2.45) is 12.8 Å². The fourth-order valence-electron chi connectivity index (χ4n) is 4.74. The molecule has 13 heteroatoms. The number of anilines is 4. The van der Waals surface area contributed by atoms with Gasteiger partial charge in [0.1, 0.15) is 17.7 Å². The van der Waals surface area contributed by atoms with Gasteiger partial charge in [-0.3, -0.25) is 14.2 Å². The molecule has 1 saturated heterocycles. The van der Waals surface area contributed by atoms with Crippen molar-refractivity contribution >= 4 is 29.0 Å². The SMILES string of the molecule is COc1c(Nc2nc(Nc3cnn(C4CCN(C(C)C)CC4)c3)ncc2C(N)=O)cccc1-c1ncn(C)n1. The van der Waals surface area contributed by atoms with Gasteiger partial charge in [0.15, 0.2) is 11.6 Å². The fourth-order valence-corrected chi connectivity index (χ4v) is 4.74. The van der Waals surface area contributed by atoms with Gasteiger partial charge in [0.2, 0.25) is 5.95 Å². The van der Waals surface area contributed by atoms with Gasteiger partial charge in [-0.1, -0.05) is 6.07 Å². The standard InChI is InChI=1S/C26H33N11O2/c1-16(2)36-10-8-18(9-11-36)37-14-17(12-30-37)31-26-28-13-20(23(27)38)25(33-26)32-21-7-5-6-19(22(21)39-4)24-29-15-35(3)34-24/h5-7,12-16,18H,8-11H2,1-4H3,(H2,27,38)(H2,28,31,32,33). The maximum atomic E-state index is 12.2. The number of methoxy groups -OCH3 is 1. The van der Waals surface area contributed by atoms with E-state index in [2.05, 4.69) is 54.5 Å². The number of nitrogens with zero attached hydrogens (tertiary/aromatic N) is 8. The summed E-state index contributed by atoms with van der Waals surface area (Å²) in [6, 6.07) is 6.39. The lowest BCUT2D eigenvalue weighted by molar-refractivity contribution is 0.100. The van der Waals surface area contributed by atoms with E-state index in [0.29, 0.717) is 34.9 Å². The molecule has 3 aromatic heterocycles. The van der Waals surface area contributed by atoms with Crippen LogP contribution >= 0.6 is 0 Å². The second-order valence-electron chi connectivity index (χ2n) is 9.77. The van der Waals surface area contributed by atoms with Crippen molar-refractivity contribution in [2.45, 2.75) is 38.8 Å². The summed E-state index contributed by atoms with van der Waals surface area (Å²) in [5, 5.41) is 15.3. The van der Waals surface area contributed by atoms with Gasteiger partial charge >= 0.3 is 0 Å². The number of carbonyl (C=O) groups excluding carboxylic acids is 1. The highest BCUT2D eigenvalue weighted by atomic mass is 16.5. The van der Waals surface area contributed by atoms with E-state index in [9.17, 15) is 4.79 Å². The number of likely N-dealkylation sites (tertiary alicyclic amines) is 1. The fraction of sp³-hybridized carbons (Fsp3) is 0.385. The van der Waals surface area contributed by atoms with E-state index < -0.39 is 5.91 Å². The summed E-state index contributed by atoms with van der Waals surface area (Å²) in [6.07, 6.45) is 8.81. The minimum absolute atomic E-state index is 0.136. The molecule has 1 fully saturated rings. The maximum absolute atomic E-state index is 12.2. The molecule has 0 saturated carbocycles. The maximum Gasteiger partial charge on any atom is 0.254 e. The van der Waals surface area contributed by atoms with Crippen LogP contribution in [0.1, 0.15) is 43.1 Å².